The van der Waals surface area contributed by atoms with Gasteiger partial charge in [-0.1, -0.05) is 0 Å². The maximum Gasteiger partial charge on any atom is 0.246 e. The van der Waals surface area contributed by atoms with Gasteiger partial charge in [0, 0.05) is 6.04 Å². The zero-order valence-electron chi connectivity index (χ0n) is 11.1. The van der Waals surface area contributed by atoms with Crippen molar-refractivity contribution in [2.45, 2.75) is 38.8 Å². The number of nitrogens with one attached hydrogen (secondary N) is 3. The first kappa shape index (κ1) is 14.9. The molecule has 0 unspecified atom stereocenters. The van der Waals surface area contributed by atoms with Gasteiger partial charge in [-0.25, -0.2) is 0 Å². The molecule has 6 heteroatoms. The summed E-state index contributed by atoms with van der Waals surface area (Å²) in [5.74, 6) is -0.423. The van der Waals surface area contributed by atoms with Crippen LogP contribution in [-0.2, 0) is 14.3 Å². The quantitative estimate of drug-likeness (QED) is 0.593. The summed E-state index contributed by atoms with van der Waals surface area (Å²) in [6.45, 7) is 5.65. The first-order chi connectivity index (χ1) is 8.58. The number of rotatable bonds is 6. The van der Waals surface area contributed by atoms with Crippen LogP contribution in [0.2, 0.25) is 0 Å². The fourth-order valence-electron chi connectivity index (χ4n) is 1.76. The van der Waals surface area contributed by atoms with E-state index >= 15 is 0 Å². The SMILES string of the molecule is CC(C)NC(=O)CNC(=O)COC1CCNCC1. The van der Waals surface area contributed by atoms with Crippen LogP contribution in [0.5, 0.6) is 0 Å². The zero-order chi connectivity index (χ0) is 13.4. The number of ether oxygens (including phenoxy) is 1. The van der Waals surface area contributed by atoms with Gasteiger partial charge in [0.1, 0.15) is 6.61 Å². The third kappa shape index (κ3) is 6.56. The fourth-order valence-corrected chi connectivity index (χ4v) is 1.76. The van der Waals surface area contributed by atoms with E-state index in [9.17, 15) is 9.59 Å². The predicted octanol–water partition coefficient (Wildman–Crippen LogP) is -0.604. The number of piperidine rings is 1. The van der Waals surface area contributed by atoms with Gasteiger partial charge in [-0.3, -0.25) is 9.59 Å². The van der Waals surface area contributed by atoms with Crippen LogP contribution in [0, 0.1) is 0 Å². The fraction of sp³-hybridized carbons (Fsp3) is 0.833. The molecule has 2 amide bonds. The highest BCUT2D eigenvalue weighted by molar-refractivity contribution is 5.85. The standard InChI is InChI=1S/C12H23N3O3/c1-9(2)15-11(16)7-14-12(17)8-18-10-3-5-13-6-4-10/h9-10,13H,3-8H2,1-2H3,(H,14,17)(H,15,16). The van der Waals surface area contributed by atoms with Gasteiger partial charge in [0.2, 0.25) is 11.8 Å². The third-order valence-corrected chi connectivity index (χ3v) is 2.63. The average molecular weight is 257 g/mol. The predicted molar refractivity (Wildman–Crippen MR) is 68.1 cm³/mol. The Balaban J connectivity index is 2.07. The second kappa shape index (κ2) is 8.05. The Morgan fingerprint density at radius 2 is 1.94 bits per heavy atom. The molecule has 0 aliphatic carbocycles. The van der Waals surface area contributed by atoms with Crippen LogP contribution in [0.25, 0.3) is 0 Å². The molecule has 6 nitrogen and oxygen atoms in total. The third-order valence-electron chi connectivity index (χ3n) is 2.63. The van der Waals surface area contributed by atoms with Crippen LogP contribution in [0.15, 0.2) is 0 Å². The number of hydrogen-bond donors (Lipinski definition) is 3. The summed E-state index contributed by atoms with van der Waals surface area (Å²) in [5, 5.41) is 8.46. The molecule has 0 aromatic heterocycles. The van der Waals surface area contributed by atoms with Crippen molar-refractivity contribution in [3.63, 3.8) is 0 Å². The summed E-state index contributed by atoms with van der Waals surface area (Å²) < 4.78 is 5.47. The molecule has 0 saturated carbocycles. The van der Waals surface area contributed by atoms with E-state index in [1.54, 1.807) is 0 Å². The highest BCUT2D eigenvalue weighted by atomic mass is 16.5. The zero-order valence-corrected chi connectivity index (χ0v) is 11.1. The summed E-state index contributed by atoms with van der Waals surface area (Å²) >= 11 is 0. The molecule has 1 aliphatic heterocycles. The second-order valence-electron chi connectivity index (χ2n) is 4.76. The molecule has 18 heavy (non-hydrogen) atoms. The maximum absolute atomic E-state index is 11.4. The summed E-state index contributed by atoms with van der Waals surface area (Å²) in [6.07, 6.45) is 2.02. The smallest absolute Gasteiger partial charge is 0.246 e. The second-order valence-corrected chi connectivity index (χ2v) is 4.76. The van der Waals surface area contributed by atoms with E-state index in [-0.39, 0.29) is 37.1 Å². The Morgan fingerprint density at radius 1 is 1.28 bits per heavy atom. The summed E-state index contributed by atoms with van der Waals surface area (Å²) in [4.78, 5) is 22.7. The van der Waals surface area contributed by atoms with Crippen LogP contribution < -0.4 is 16.0 Å². The molecular weight excluding hydrogens is 234 g/mol. The first-order valence-electron chi connectivity index (χ1n) is 6.46. The topological polar surface area (TPSA) is 79.5 Å². The van der Waals surface area contributed by atoms with Crippen LogP contribution in [0.4, 0.5) is 0 Å². The van der Waals surface area contributed by atoms with Crippen molar-refractivity contribution in [2.24, 2.45) is 0 Å². The molecule has 1 heterocycles. The number of amides is 2. The molecule has 3 N–H and O–H groups in total. The van der Waals surface area contributed by atoms with Crippen molar-refractivity contribution in [2.75, 3.05) is 26.2 Å². The largest absolute Gasteiger partial charge is 0.368 e. The Morgan fingerprint density at radius 3 is 2.56 bits per heavy atom. The molecule has 0 radical (unpaired) electrons. The number of carbonyl (C=O) groups excluding carboxylic acids is 2. The molecule has 1 saturated heterocycles. The van der Waals surface area contributed by atoms with Crippen molar-refractivity contribution in [3.8, 4) is 0 Å². The Hall–Kier alpha value is -1.14. The van der Waals surface area contributed by atoms with Gasteiger partial charge in [-0.2, -0.15) is 0 Å². The van der Waals surface area contributed by atoms with Crippen molar-refractivity contribution >= 4 is 11.8 Å². The molecule has 0 spiro atoms. The van der Waals surface area contributed by atoms with E-state index in [1.807, 2.05) is 13.8 Å². The van der Waals surface area contributed by atoms with Crippen molar-refractivity contribution in [1.82, 2.24) is 16.0 Å². The van der Waals surface area contributed by atoms with E-state index in [2.05, 4.69) is 16.0 Å². The molecule has 1 rings (SSSR count). The minimum Gasteiger partial charge on any atom is -0.368 e. The molecule has 0 aromatic rings. The van der Waals surface area contributed by atoms with Gasteiger partial charge >= 0.3 is 0 Å². The highest BCUT2D eigenvalue weighted by Gasteiger charge is 2.15. The van der Waals surface area contributed by atoms with E-state index in [0.717, 1.165) is 25.9 Å². The van der Waals surface area contributed by atoms with Crippen molar-refractivity contribution < 1.29 is 14.3 Å². The first-order valence-corrected chi connectivity index (χ1v) is 6.46. The van der Waals surface area contributed by atoms with Crippen LogP contribution >= 0.6 is 0 Å². The van der Waals surface area contributed by atoms with Crippen LogP contribution in [0.3, 0.4) is 0 Å². The molecule has 0 aromatic carbocycles. The normalized spacial score (nSPS) is 16.6. The monoisotopic (exact) mass is 257 g/mol. The molecule has 1 fully saturated rings. The van der Waals surface area contributed by atoms with Crippen molar-refractivity contribution in [3.05, 3.63) is 0 Å². The Kier molecular flexibility index (Phi) is 6.67. The van der Waals surface area contributed by atoms with Crippen LogP contribution in [-0.4, -0.2) is 50.2 Å². The van der Waals surface area contributed by atoms with Gasteiger partial charge in [-0.05, 0) is 39.8 Å². The Labute approximate surface area is 108 Å². The van der Waals surface area contributed by atoms with E-state index in [0.29, 0.717) is 0 Å². The highest BCUT2D eigenvalue weighted by Crippen LogP contribution is 2.06. The number of carbonyl (C=O) groups is 2. The van der Waals surface area contributed by atoms with Gasteiger partial charge in [0.15, 0.2) is 0 Å². The number of hydrogen-bond acceptors (Lipinski definition) is 4. The minimum absolute atomic E-state index is 0.00654. The van der Waals surface area contributed by atoms with E-state index < -0.39 is 0 Å². The lowest BCUT2D eigenvalue weighted by Gasteiger charge is -2.22. The van der Waals surface area contributed by atoms with Gasteiger partial charge in [-0.15, -0.1) is 0 Å². The molecule has 0 bridgehead atoms. The van der Waals surface area contributed by atoms with E-state index in [4.69, 9.17) is 4.74 Å². The lowest BCUT2D eigenvalue weighted by atomic mass is 10.1. The molecular formula is C12H23N3O3. The molecule has 1 aliphatic rings. The maximum atomic E-state index is 11.4. The minimum atomic E-state index is -0.243. The van der Waals surface area contributed by atoms with Crippen molar-refractivity contribution in [1.29, 1.82) is 0 Å². The molecule has 104 valence electrons. The van der Waals surface area contributed by atoms with Gasteiger partial charge < -0.3 is 20.7 Å². The summed E-state index contributed by atoms with van der Waals surface area (Å²) in [7, 11) is 0. The van der Waals surface area contributed by atoms with Gasteiger partial charge in [0.25, 0.3) is 0 Å². The lowest BCUT2D eigenvalue weighted by Crippen LogP contribution is -2.41. The Bertz CT molecular complexity index is 276. The molecule has 0 atom stereocenters. The summed E-state index contributed by atoms with van der Waals surface area (Å²) in [5.41, 5.74) is 0. The van der Waals surface area contributed by atoms with E-state index in [1.165, 1.54) is 0 Å². The van der Waals surface area contributed by atoms with Gasteiger partial charge in [0.05, 0.1) is 12.6 Å². The van der Waals surface area contributed by atoms with Crippen LogP contribution in [0.1, 0.15) is 26.7 Å². The summed E-state index contributed by atoms with van der Waals surface area (Å²) in [6, 6.07) is 0.0837. The average Bonchev–Trinajstić information content (AvgIpc) is 2.34. The lowest BCUT2D eigenvalue weighted by molar-refractivity contribution is -0.131.